The molecule has 0 amide bonds. The van der Waals surface area contributed by atoms with Gasteiger partial charge in [0.05, 0.1) is 13.2 Å². The van der Waals surface area contributed by atoms with E-state index in [1.54, 1.807) is 0 Å². The fourth-order valence-electron chi connectivity index (χ4n) is 2.80. The van der Waals surface area contributed by atoms with Gasteiger partial charge in [0, 0.05) is 6.61 Å². The van der Waals surface area contributed by atoms with Crippen LogP contribution in [0.25, 0.3) is 0 Å². The highest BCUT2D eigenvalue weighted by atomic mass is 79.9. The van der Waals surface area contributed by atoms with Crippen molar-refractivity contribution in [2.24, 2.45) is 0 Å². The highest BCUT2D eigenvalue weighted by molar-refractivity contribution is 9.11. The van der Waals surface area contributed by atoms with Crippen LogP contribution >= 0.6 is 15.9 Å². The molecule has 0 aromatic carbocycles. The Kier molecular flexibility index (Phi) is 8.13. The molecule has 150 valence electrons. The van der Waals surface area contributed by atoms with Gasteiger partial charge in [-0.25, -0.2) is 0 Å². The molecule has 0 radical (unpaired) electrons. The third kappa shape index (κ3) is 6.01. The molecular weight excluding hydrogens is 412 g/mol. The lowest BCUT2D eigenvalue weighted by Gasteiger charge is -2.39. The Morgan fingerprint density at radius 2 is 1.92 bits per heavy atom. The molecule has 1 aliphatic heterocycles. The predicted octanol–water partition coefficient (Wildman–Crippen LogP) is 5.54. The molecule has 2 aliphatic rings. The SMILES string of the molecule is CCO[C@@H]1C=C[C@H](OCC2=C(Br)CCC2)[C@@H](CO[Si](C)(C)C(C)(C)C)O1. The average Bonchev–Trinajstić information content (AvgIpc) is 2.96. The smallest absolute Gasteiger partial charge is 0.192 e. The van der Waals surface area contributed by atoms with Gasteiger partial charge in [0.2, 0.25) is 0 Å². The maximum absolute atomic E-state index is 6.41. The molecule has 0 saturated carbocycles. The standard InChI is InChI=1S/C20H35BrO4Si/c1-7-22-19-12-11-17(23-13-15-9-8-10-16(15)21)18(25-19)14-24-26(5,6)20(2,3)4/h11-12,17-19H,7-10,13-14H2,1-6H3/t17-,18+,19-/m0/s1. The van der Waals surface area contributed by atoms with E-state index < -0.39 is 8.32 Å². The zero-order chi connectivity index (χ0) is 19.4. The van der Waals surface area contributed by atoms with Crippen molar-refractivity contribution in [1.29, 1.82) is 0 Å². The number of rotatable bonds is 8. The van der Waals surface area contributed by atoms with Crippen LogP contribution in [0.2, 0.25) is 18.1 Å². The Bertz CT molecular complexity index is 524. The number of ether oxygens (including phenoxy) is 3. The Morgan fingerprint density at radius 1 is 1.19 bits per heavy atom. The summed E-state index contributed by atoms with van der Waals surface area (Å²) in [6.07, 6.45) is 6.91. The fourth-order valence-corrected chi connectivity index (χ4v) is 4.41. The van der Waals surface area contributed by atoms with Crippen molar-refractivity contribution in [3.05, 3.63) is 22.2 Å². The van der Waals surface area contributed by atoms with Gasteiger partial charge in [-0.05, 0) is 60.4 Å². The number of halogens is 1. The molecule has 0 aromatic heterocycles. The number of hydrogen-bond acceptors (Lipinski definition) is 4. The highest BCUT2D eigenvalue weighted by Gasteiger charge is 2.39. The molecule has 1 aliphatic carbocycles. The molecule has 1 heterocycles. The lowest BCUT2D eigenvalue weighted by atomic mass is 10.1. The van der Waals surface area contributed by atoms with Crippen LogP contribution in [0.15, 0.2) is 22.2 Å². The second kappa shape index (κ2) is 9.48. The van der Waals surface area contributed by atoms with Crippen molar-refractivity contribution in [2.45, 2.75) is 83.6 Å². The van der Waals surface area contributed by atoms with Crippen molar-refractivity contribution in [3.8, 4) is 0 Å². The van der Waals surface area contributed by atoms with Gasteiger partial charge in [-0.15, -0.1) is 0 Å². The minimum atomic E-state index is -1.84. The summed E-state index contributed by atoms with van der Waals surface area (Å²) in [7, 11) is -1.84. The number of allylic oxidation sites excluding steroid dienone is 1. The van der Waals surface area contributed by atoms with Gasteiger partial charge in [-0.2, -0.15) is 0 Å². The van der Waals surface area contributed by atoms with Crippen molar-refractivity contribution >= 4 is 24.2 Å². The minimum Gasteiger partial charge on any atom is -0.414 e. The van der Waals surface area contributed by atoms with E-state index in [9.17, 15) is 0 Å². The van der Waals surface area contributed by atoms with E-state index in [1.165, 1.54) is 16.5 Å². The van der Waals surface area contributed by atoms with Crippen molar-refractivity contribution < 1.29 is 18.6 Å². The van der Waals surface area contributed by atoms with Crippen LogP contribution in [0.1, 0.15) is 47.0 Å². The summed E-state index contributed by atoms with van der Waals surface area (Å²) < 4.78 is 25.7. The van der Waals surface area contributed by atoms with E-state index in [0.29, 0.717) is 19.8 Å². The molecule has 0 aromatic rings. The molecule has 3 atom stereocenters. The summed E-state index contributed by atoms with van der Waals surface area (Å²) in [4.78, 5) is 0. The number of hydrogen-bond donors (Lipinski definition) is 0. The van der Waals surface area contributed by atoms with Gasteiger partial charge >= 0.3 is 0 Å². The third-order valence-corrected chi connectivity index (χ3v) is 11.0. The quantitative estimate of drug-likeness (QED) is 0.362. The zero-order valence-corrected chi connectivity index (χ0v) is 19.7. The van der Waals surface area contributed by atoms with Gasteiger partial charge in [0.1, 0.15) is 12.2 Å². The Hall–Kier alpha value is 0.0169. The van der Waals surface area contributed by atoms with Crippen LogP contribution in [-0.2, 0) is 18.6 Å². The summed E-state index contributed by atoms with van der Waals surface area (Å²) in [5.74, 6) is 0. The van der Waals surface area contributed by atoms with Gasteiger partial charge in [-0.1, -0.05) is 42.8 Å². The molecule has 4 nitrogen and oxygen atoms in total. The van der Waals surface area contributed by atoms with Gasteiger partial charge in [-0.3, -0.25) is 0 Å². The van der Waals surface area contributed by atoms with Crippen LogP contribution in [0, 0.1) is 0 Å². The summed E-state index contributed by atoms with van der Waals surface area (Å²) in [5.41, 5.74) is 1.37. The lowest BCUT2D eigenvalue weighted by Crippen LogP contribution is -2.47. The average molecular weight is 447 g/mol. The Morgan fingerprint density at radius 3 is 2.50 bits per heavy atom. The molecule has 0 spiro atoms. The van der Waals surface area contributed by atoms with Crippen LogP contribution in [0.5, 0.6) is 0 Å². The van der Waals surface area contributed by atoms with Crippen LogP contribution in [-0.4, -0.2) is 46.6 Å². The van der Waals surface area contributed by atoms with Crippen molar-refractivity contribution in [2.75, 3.05) is 19.8 Å². The van der Waals surface area contributed by atoms with E-state index in [2.05, 4.69) is 55.9 Å². The third-order valence-electron chi connectivity index (χ3n) is 5.59. The molecule has 0 unspecified atom stereocenters. The van der Waals surface area contributed by atoms with Gasteiger partial charge < -0.3 is 18.6 Å². The van der Waals surface area contributed by atoms with Crippen LogP contribution < -0.4 is 0 Å². The monoisotopic (exact) mass is 446 g/mol. The maximum Gasteiger partial charge on any atom is 0.192 e. The molecule has 2 rings (SSSR count). The van der Waals surface area contributed by atoms with Crippen LogP contribution in [0.3, 0.4) is 0 Å². The highest BCUT2D eigenvalue weighted by Crippen LogP contribution is 2.37. The first-order valence-corrected chi connectivity index (χ1v) is 13.4. The van der Waals surface area contributed by atoms with Crippen molar-refractivity contribution in [1.82, 2.24) is 0 Å². The van der Waals surface area contributed by atoms with Gasteiger partial charge in [0.15, 0.2) is 14.6 Å². The molecule has 26 heavy (non-hydrogen) atoms. The largest absolute Gasteiger partial charge is 0.414 e. The van der Waals surface area contributed by atoms with E-state index in [1.807, 2.05) is 13.0 Å². The molecule has 0 N–H and O–H groups in total. The summed E-state index contributed by atoms with van der Waals surface area (Å²) in [6, 6.07) is 0. The first-order valence-electron chi connectivity index (χ1n) is 9.71. The topological polar surface area (TPSA) is 36.9 Å². The lowest BCUT2D eigenvalue weighted by molar-refractivity contribution is -0.183. The first-order chi connectivity index (χ1) is 12.1. The second-order valence-electron chi connectivity index (χ2n) is 8.59. The minimum absolute atomic E-state index is 0.107. The summed E-state index contributed by atoms with van der Waals surface area (Å²) in [5, 5.41) is 0.173. The first kappa shape index (κ1) is 22.3. The summed E-state index contributed by atoms with van der Waals surface area (Å²) in [6.45, 7) is 15.1. The normalized spacial score (nSPS) is 27.4. The second-order valence-corrected chi connectivity index (χ2v) is 14.4. The van der Waals surface area contributed by atoms with E-state index >= 15 is 0 Å². The fraction of sp³-hybridized carbons (Fsp3) is 0.800. The Balaban J connectivity index is 2.00. The molecule has 0 bridgehead atoms. The molecule has 0 fully saturated rings. The molecule has 6 heteroatoms. The summed E-state index contributed by atoms with van der Waals surface area (Å²) >= 11 is 3.66. The zero-order valence-electron chi connectivity index (χ0n) is 17.1. The van der Waals surface area contributed by atoms with Crippen molar-refractivity contribution in [3.63, 3.8) is 0 Å². The van der Waals surface area contributed by atoms with E-state index in [-0.39, 0.29) is 23.5 Å². The molecule has 0 saturated heterocycles. The van der Waals surface area contributed by atoms with Crippen LogP contribution in [0.4, 0.5) is 0 Å². The van der Waals surface area contributed by atoms with E-state index in [4.69, 9.17) is 18.6 Å². The Labute approximate surface area is 168 Å². The molecular formula is C20H35BrO4Si. The van der Waals surface area contributed by atoms with E-state index in [0.717, 1.165) is 12.8 Å². The maximum atomic E-state index is 6.41. The predicted molar refractivity (Wildman–Crippen MR) is 112 cm³/mol. The van der Waals surface area contributed by atoms with Gasteiger partial charge in [0.25, 0.3) is 0 Å².